The Kier molecular flexibility index (Phi) is 5.46. The molecule has 2 atom stereocenters. The predicted octanol–water partition coefficient (Wildman–Crippen LogP) is 5.27. The van der Waals surface area contributed by atoms with Crippen LogP contribution in [0.25, 0.3) is 5.57 Å². The van der Waals surface area contributed by atoms with Crippen molar-refractivity contribution in [1.29, 1.82) is 0 Å². The molecule has 5 nitrogen and oxygen atoms in total. The number of hydrogen-bond donors (Lipinski definition) is 0. The third-order valence-corrected chi connectivity index (χ3v) is 6.77. The molecule has 0 spiro atoms. The third-order valence-electron chi connectivity index (χ3n) is 4.66. The van der Waals surface area contributed by atoms with Gasteiger partial charge in [0.25, 0.3) is 5.70 Å². The Morgan fingerprint density at radius 2 is 2.04 bits per heavy atom. The molecule has 8 heteroatoms. The number of hydrogen-bond acceptors (Lipinski definition) is 5. The molecule has 1 aliphatic carbocycles. The Balaban J connectivity index is 2.04. The monoisotopic (exact) mass is 474 g/mol. The van der Waals surface area contributed by atoms with Crippen molar-refractivity contribution in [3.05, 3.63) is 32.2 Å². The summed E-state index contributed by atoms with van der Waals surface area (Å²) in [6, 6.07) is 0. The van der Waals surface area contributed by atoms with Gasteiger partial charge < -0.3 is 0 Å². The molecule has 2 unspecified atom stereocenters. The second-order valence-corrected chi connectivity index (χ2v) is 8.32. The molecule has 0 N–H and O–H groups in total. The van der Waals surface area contributed by atoms with Crippen LogP contribution in [0.2, 0.25) is 0 Å². The average molecular weight is 476 g/mol. The van der Waals surface area contributed by atoms with Crippen LogP contribution in [0, 0.1) is 10.8 Å². The van der Waals surface area contributed by atoms with Gasteiger partial charge in [-0.3, -0.25) is 4.79 Å². The molecule has 0 saturated heterocycles. The quantitative estimate of drug-likeness (QED) is 0.319. The maximum absolute atomic E-state index is 12.9. The van der Waals surface area contributed by atoms with Crippen molar-refractivity contribution in [3.63, 3.8) is 0 Å². The Bertz CT molecular complexity index is 769. The number of Topliss-reactive ketones (excluding diaryl/α,β-unsaturated/α-hetero) is 1. The number of fused-ring (bicyclic) bond motifs is 3. The summed E-state index contributed by atoms with van der Waals surface area (Å²) in [5.41, 5.74) is 2.92. The molecule has 0 amide bonds. The molecule has 24 heavy (non-hydrogen) atoms. The van der Waals surface area contributed by atoms with Crippen molar-refractivity contribution in [1.82, 2.24) is 8.75 Å². The lowest BCUT2D eigenvalue weighted by Crippen LogP contribution is -2.19. The van der Waals surface area contributed by atoms with Crippen LogP contribution in [0.4, 0.5) is 0 Å². The Morgan fingerprint density at radius 1 is 1.29 bits per heavy atom. The molecular formula is C16H18Br2N3O2S+. The van der Waals surface area contributed by atoms with E-state index in [1.807, 2.05) is 0 Å². The van der Waals surface area contributed by atoms with Crippen LogP contribution in [0.1, 0.15) is 62.2 Å². The fraction of sp³-hybridized carbons (Fsp3) is 0.562. The first-order valence-corrected chi connectivity index (χ1v) is 10.6. The number of halogens is 2. The molecule has 1 aromatic rings. The largest absolute Gasteiger partial charge is 0.314 e. The van der Waals surface area contributed by atoms with Gasteiger partial charge >= 0.3 is 4.61 Å². The normalized spacial score (nSPS) is 21.4. The standard InChI is InChI=1S/C16H18Br2N3O2S/c1-3-5-6-8(4-2)7-9-10-11(16(18)21(9)23)13-14(20-24-19-13)12(17)15(10)22/h8,12H,3-7H2,1-2H3/q+1. The summed E-state index contributed by atoms with van der Waals surface area (Å²) in [5, 5.41) is 0. The van der Waals surface area contributed by atoms with Gasteiger partial charge in [0, 0.05) is 27.3 Å². The number of aromatic nitrogens is 2. The van der Waals surface area contributed by atoms with E-state index in [9.17, 15) is 9.70 Å². The third kappa shape index (κ3) is 2.86. The molecule has 128 valence electrons. The molecular weight excluding hydrogens is 458 g/mol. The minimum absolute atomic E-state index is 0.0964. The van der Waals surface area contributed by atoms with Gasteiger partial charge in [-0.15, -0.1) is 0 Å². The number of carbonyl (C=O) groups is 1. The lowest BCUT2D eigenvalue weighted by molar-refractivity contribution is -0.430. The van der Waals surface area contributed by atoms with Gasteiger partial charge in [-0.05, 0) is 12.3 Å². The highest BCUT2D eigenvalue weighted by Crippen LogP contribution is 2.50. The minimum atomic E-state index is -0.525. The summed E-state index contributed by atoms with van der Waals surface area (Å²) in [6.07, 6.45) is 4.95. The molecule has 0 aromatic carbocycles. The lowest BCUT2D eigenvalue weighted by Gasteiger charge is -2.16. The first kappa shape index (κ1) is 18.1. The van der Waals surface area contributed by atoms with Crippen molar-refractivity contribution in [2.45, 2.75) is 50.8 Å². The van der Waals surface area contributed by atoms with E-state index in [0.29, 0.717) is 45.2 Å². The van der Waals surface area contributed by atoms with Crippen molar-refractivity contribution < 1.29 is 9.55 Å². The van der Waals surface area contributed by atoms with Crippen LogP contribution >= 0.6 is 43.6 Å². The number of ketones is 1. The van der Waals surface area contributed by atoms with Gasteiger partial charge in [0.1, 0.15) is 27.4 Å². The summed E-state index contributed by atoms with van der Waals surface area (Å²) in [4.78, 5) is 25.1. The van der Waals surface area contributed by atoms with Crippen LogP contribution in [0.15, 0.2) is 15.9 Å². The Morgan fingerprint density at radius 3 is 2.71 bits per heavy atom. The zero-order valence-electron chi connectivity index (χ0n) is 13.5. The number of carbonyl (C=O) groups excluding carboxylic acids is 1. The van der Waals surface area contributed by atoms with Gasteiger partial charge in [-0.1, -0.05) is 49.0 Å². The van der Waals surface area contributed by atoms with E-state index >= 15 is 0 Å². The van der Waals surface area contributed by atoms with Gasteiger partial charge in [-0.2, -0.15) is 8.75 Å². The lowest BCUT2D eigenvalue weighted by atomic mass is 9.86. The number of alkyl halides is 1. The molecule has 0 radical (unpaired) electrons. The van der Waals surface area contributed by atoms with Gasteiger partial charge in [0.05, 0.1) is 16.5 Å². The topological polar surface area (TPSA) is 62.9 Å². The molecule has 1 aromatic heterocycles. The summed E-state index contributed by atoms with van der Waals surface area (Å²) in [7, 11) is 0. The summed E-state index contributed by atoms with van der Waals surface area (Å²) < 4.78 is 9.77. The van der Waals surface area contributed by atoms with E-state index in [2.05, 4.69) is 54.5 Å². The van der Waals surface area contributed by atoms with E-state index in [4.69, 9.17) is 0 Å². The van der Waals surface area contributed by atoms with Crippen LogP contribution in [-0.2, 0) is 4.79 Å². The average Bonchev–Trinajstić information content (AvgIpc) is 3.15. The highest BCUT2D eigenvalue weighted by molar-refractivity contribution is 9.11. The van der Waals surface area contributed by atoms with Gasteiger partial charge in [-0.25, -0.2) is 0 Å². The highest BCUT2D eigenvalue weighted by atomic mass is 79.9. The van der Waals surface area contributed by atoms with Crippen molar-refractivity contribution >= 4 is 54.9 Å². The zero-order chi connectivity index (χ0) is 17.4. The summed E-state index contributed by atoms with van der Waals surface area (Å²) in [6.45, 7) is 4.30. The zero-order valence-corrected chi connectivity index (χ0v) is 17.5. The molecule has 1 aliphatic heterocycles. The molecule has 2 heterocycles. The van der Waals surface area contributed by atoms with E-state index in [1.54, 1.807) is 0 Å². The van der Waals surface area contributed by atoms with Gasteiger partial charge in [0.2, 0.25) is 0 Å². The second kappa shape index (κ2) is 7.25. The van der Waals surface area contributed by atoms with Crippen molar-refractivity contribution in [2.24, 2.45) is 5.92 Å². The van der Waals surface area contributed by atoms with E-state index < -0.39 is 4.83 Å². The van der Waals surface area contributed by atoms with E-state index in [-0.39, 0.29) is 5.78 Å². The second-order valence-electron chi connectivity index (χ2n) is 6.13. The maximum Gasteiger partial charge on any atom is 0.314 e. The smallest absolute Gasteiger partial charge is 0.292 e. The molecule has 0 bridgehead atoms. The van der Waals surface area contributed by atoms with Crippen LogP contribution in [0.5, 0.6) is 0 Å². The number of rotatable bonds is 6. The fourth-order valence-electron chi connectivity index (χ4n) is 3.24. The van der Waals surface area contributed by atoms with E-state index in [0.717, 1.165) is 42.2 Å². The van der Waals surface area contributed by atoms with E-state index in [1.165, 1.54) is 0 Å². The molecule has 0 saturated carbocycles. The van der Waals surface area contributed by atoms with Crippen LogP contribution in [0.3, 0.4) is 0 Å². The van der Waals surface area contributed by atoms with Crippen molar-refractivity contribution in [2.75, 3.05) is 0 Å². The SMILES string of the molecule is CCCCC(CC)CC1=C2C(=O)C(Br)c3nsnc3C2=C(Br)[N+]1=O. The van der Waals surface area contributed by atoms with Crippen LogP contribution < -0.4 is 0 Å². The molecule has 2 aliphatic rings. The molecule has 3 rings (SSSR count). The number of allylic oxidation sites excluding steroid dienone is 3. The first-order chi connectivity index (χ1) is 11.5. The number of nitroso groups, excluding NO2 is 1. The van der Waals surface area contributed by atoms with Crippen molar-refractivity contribution in [3.8, 4) is 0 Å². The Hall–Kier alpha value is -0.730. The van der Waals surface area contributed by atoms with Crippen LogP contribution in [-0.4, -0.2) is 19.3 Å². The highest BCUT2D eigenvalue weighted by Gasteiger charge is 2.51. The number of nitrogens with zero attached hydrogens (tertiary/aromatic N) is 3. The fourth-order valence-corrected chi connectivity index (χ4v) is 5.11. The summed E-state index contributed by atoms with van der Waals surface area (Å²) in [5.74, 6) is 0.306. The Labute approximate surface area is 161 Å². The predicted molar refractivity (Wildman–Crippen MR) is 101 cm³/mol. The summed E-state index contributed by atoms with van der Waals surface area (Å²) >= 11 is 7.86. The number of unbranched alkanes of at least 4 members (excludes halogenated alkanes) is 1. The first-order valence-electron chi connectivity index (χ1n) is 8.12. The maximum atomic E-state index is 12.9. The minimum Gasteiger partial charge on any atom is -0.292 e. The van der Waals surface area contributed by atoms with Gasteiger partial charge in [0.15, 0.2) is 5.78 Å². The molecule has 0 fully saturated rings.